The van der Waals surface area contributed by atoms with E-state index in [-0.39, 0.29) is 12.3 Å². The molecule has 1 amide bonds. The van der Waals surface area contributed by atoms with E-state index in [4.69, 9.17) is 11.5 Å². The minimum absolute atomic E-state index is 0.264. The number of nitrogens with two attached hydrogens (primary N) is 2. The second-order valence-corrected chi connectivity index (χ2v) is 6.96. The lowest BCUT2D eigenvalue weighted by Crippen LogP contribution is -2.13. The number of nitrogen functional groups attached to an aromatic ring is 1. The molecule has 4 N–H and O–H groups in total. The molecule has 1 aliphatic rings. The largest absolute Gasteiger partial charge is 0.383 e. The Balaban J connectivity index is 1.99. The van der Waals surface area contributed by atoms with Crippen molar-refractivity contribution in [3.05, 3.63) is 47.3 Å². The van der Waals surface area contributed by atoms with E-state index < -0.39 is 0 Å². The van der Waals surface area contributed by atoms with Gasteiger partial charge in [0.1, 0.15) is 17.5 Å². The number of hydrogen-bond acceptors (Lipinski definition) is 4. The third-order valence-corrected chi connectivity index (χ3v) is 5.27. The van der Waals surface area contributed by atoms with E-state index in [0.29, 0.717) is 17.9 Å². The van der Waals surface area contributed by atoms with Gasteiger partial charge in [-0.05, 0) is 37.3 Å². The summed E-state index contributed by atoms with van der Waals surface area (Å²) in [5, 5.41) is 10.8. The SMILES string of the molecule is N#Cc1c(N)nc2c(c1-c1cn(CCC(N)=O)c3ccccc13)CCCC2. The molecule has 0 atom stereocenters. The normalized spacial score (nSPS) is 13.3. The average Bonchev–Trinajstić information content (AvgIpc) is 3.03. The maximum Gasteiger partial charge on any atom is 0.219 e. The summed E-state index contributed by atoms with van der Waals surface area (Å²) in [6.07, 6.45) is 6.23. The van der Waals surface area contributed by atoms with Crippen LogP contribution in [0.4, 0.5) is 5.82 Å². The predicted molar refractivity (Wildman–Crippen MR) is 105 cm³/mol. The Morgan fingerprint density at radius 1 is 1.26 bits per heavy atom. The summed E-state index contributed by atoms with van der Waals surface area (Å²) in [6, 6.07) is 10.3. The van der Waals surface area contributed by atoms with Gasteiger partial charge >= 0.3 is 0 Å². The zero-order valence-electron chi connectivity index (χ0n) is 15.0. The number of anilines is 1. The van der Waals surface area contributed by atoms with Crippen LogP contribution < -0.4 is 11.5 Å². The van der Waals surface area contributed by atoms with E-state index in [2.05, 4.69) is 11.1 Å². The number of rotatable bonds is 4. The number of aryl methyl sites for hydroxylation is 2. The molecule has 0 saturated carbocycles. The first-order valence-electron chi connectivity index (χ1n) is 9.18. The fraction of sp³-hybridized carbons (Fsp3) is 0.286. The Morgan fingerprint density at radius 2 is 2.04 bits per heavy atom. The van der Waals surface area contributed by atoms with Crippen LogP contribution in [0.2, 0.25) is 0 Å². The highest BCUT2D eigenvalue weighted by Gasteiger charge is 2.24. The van der Waals surface area contributed by atoms with Crippen LogP contribution in [-0.2, 0) is 24.2 Å². The highest BCUT2D eigenvalue weighted by atomic mass is 16.1. The molecule has 136 valence electrons. The van der Waals surface area contributed by atoms with Gasteiger partial charge in [-0.1, -0.05) is 18.2 Å². The number of carbonyl (C=O) groups is 1. The molecule has 3 aromatic rings. The molecule has 2 heterocycles. The Morgan fingerprint density at radius 3 is 2.81 bits per heavy atom. The highest BCUT2D eigenvalue weighted by molar-refractivity contribution is 5.99. The van der Waals surface area contributed by atoms with E-state index in [1.807, 2.05) is 35.0 Å². The van der Waals surface area contributed by atoms with Gasteiger partial charge in [0.2, 0.25) is 5.91 Å². The number of hydrogen-bond donors (Lipinski definition) is 2. The van der Waals surface area contributed by atoms with E-state index in [9.17, 15) is 10.1 Å². The standard InChI is InChI=1S/C21H21N5O/c22-11-15-20(14-6-1-3-7-17(14)25-21(15)24)16-12-26(10-9-19(23)27)18-8-4-2-5-13(16)18/h2,4-5,8,12H,1,3,6-7,9-10H2,(H2,23,27)(H2,24,25). The van der Waals surface area contributed by atoms with Crippen LogP contribution in [0.5, 0.6) is 0 Å². The molecule has 0 aliphatic heterocycles. The summed E-state index contributed by atoms with van der Waals surface area (Å²) in [6.45, 7) is 0.500. The van der Waals surface area contributed by atoms with Gasteiger partial charge in [-0.15, -0.1) is 0 Å². The first kappa shape index (κ1) is 17.1. The molecule has 2 aromatic heterocycles. The van der Waals surface area contributed by atoms with Crippen molar-refractivity contribution in [3.8, 4) is 17.2 Å². The zero-order valence-corrected chi connectivity index (χ0v) is 15.0. The summed E-state index contributed by atoms with van der Waals surface area (Å²) >= 11 is 0. The van der Waals surface area contributed by atoms with Crippen LogP contribution >= 0.6 is 0 Å². The number of nitriles is 1. The first-order valence-corrected chi connectivity index (χ1v) is 9.18. The first-order chi connectivity index (χ1) is 13.1. The minimum atomic E-state index is -0.336. The fourth-order valence-electron chi connectivity index (χ4n) is 4.03. The Bertz CT molecular complexity index is 1090. The maximum absolute atomic E-state index is 11.3. The molecule has 0 spiro atoms. The minimum Gasteiger partial charge on any atom is -0.383 e. The Kier molecular flexibility index (Phi) is 4.28. The number of pyridine rings is 1. The van der Waals surface area contributed by atoms with Crippen molar-refractivity contribution in [1.82, 2.24) is 9.55 Å². The van der Waals surface area contributed by atoms with Crippen LogP contribution in [0.25, 0.3) is 22.0 Å². The van der Waals surface area contributed by atoms with Gasteiger partial charge in [0, 0.05) is 46.9 Å². The molecule has 6 heteroatoms. The van der Waals surface area contributed by atoms with Gasteiger partial charge in [0.25, 0.3) is 0 Å². The molecular formula is C21H21N5O. The summed E-state index contributed by atoms with van der Waals surface area (Å²) < 4.78 is 2.03. The number of carbonyl (C=O) groups excluding carboxylic acids is 1. The van der Waals surface area contributed by atoms with Crippen LogP contribution in [0.15, 0.2) is 30.5 Å². The smallest absolute Gasteiger partial charge is 0.219 e. The van der Waals surface area contributed by atoms with Crippen molar-refractivity contribution < 1.29 is 4.79 Å². The van der Waals surface area contributed by atoms with Gasteiger partial charge < -0.3 is 16.0 Å². The number of fused-ring (bicyclic) bond motifs is 2. The summed E-state index contributed by atoms with van der Waals surface area (Å²) in [5.41, 5.74) is 16.9. The molecule has 6 nitrogen and oxygen atoms in total. The van der Waals surface area contributed by atoms with E-state index in [0.717, 1.165) is 59.0 Å². The second kappa shape index (κ2) is 6.76. The molecule has 1 aliphatic carbocycles. The topological polar surface area (TPSA) is 111 Å². The molecule has 0 saturated heterocycles. The summed E-state index contributed by atoms with van der Waals surface area (Å²) in [5.74, 6) is -0.0419. The van der Waals surface area contributed by atoms with Crippen LogP contribution in [0, 0.1) is 11.3 Å². The van der Waals surface area contributed by atoms with Crippen LogP contribution in [-0.4, -0.2) is 15.5 Å². The number of aromatic nitrogens is 2. The Hall–Kier alpha value is -3.33. The molecule has 0 radical (unpaired) electrons. The van der Waals surface area contributed by atoms with Crippen LogP contribution in [0.3, 0.4) is 0 Å². The molecule has 0 unspecified atom stereocenters. The number of para-hydroxylation sites is 1. The second-order valence-electron chi connectivity index (χ2n) is 6.96. The monoisotopic (exact) mass is 359 g/mol. The van der Waals surface area contributed by atoms with Crippen molar-refractivity contribution >= 4 is 22.6 Å². The van der Waals surface area contributed by atoms with Gasteiger partial charge in [-0.3, -0.25) is 4.79 Å². The molecule has 4 rings (SSSR count). The van der Waals surface area contributed by atoms with Gasteiger partial charge in [0.15, 0.2) is 0 Å². The molecule has 0 fully saturated rings. The van der Waals surface area contributed by atoms with Crippen LogP contribution in [0.1, 0.15) is 36.1 Å². The molecule has 27 heavy (non-hydrogen) atoms. The lowest BCUT2D eigenvalue weighted by atomic mass is 9.86. The fourth-order valence-corrected chi connectivity index (χ4v) is 4.03. The predicted octanol–water partition coefficient (Wildman–Crippen LogP) is 2.91. The number of primary amides is 1. The van der Waals surface area contributed by atoms with Gasteiger partial charge in [-0.2, -0.15) is 5.26 Å². The van der Waals surface area contributed by atoms with Crippen molar-refractivity contribution in [2.75, 3.05) is 5.73 Å². The lowest BCUT2D eigenvalue weighted by Gasteiger charge is -2.20. The number of benzene rings is 1. The molecular weight excluding hydrogens is 338 g/mol. The molecule has 0 bridgehead atoms. The lowest BCUT2D eigenvalue weighted by molar-refractivity contribution is -0.118. The van der Waals surface area contributed by atoms with Crippen molar-refractivity contribution in [3.63, 3.8) is 0 Å². The van der Waals surface area contributed by atoms with E-state index in [1.165, 1.54) is 0 Å². The quantitative estimate of drug-likeness (QED) is 0.746. The number of nitrogens with zero attached hydrogens (tertiary/aromatic N) is 3. The average molecular weight is 359 g/mol. The maximum atomic E-state index is 11.3. The summed E-state index contributed by atoms with van der Waals surface area (Å²) in [4.78, 5) is 15.8. The van der Waals surface area contributed by atoms with Crippen molar-refractivity contribution in [2.45, 2.75) is 38.6 Å². The zero-order chi connectivity index (χ0) is 19.0. The van der Waals surface area contributed by atoms with E-state index >= 15 is 0 Å². The highest BCUT2D eigenvalue weighted by Crippen LogP contribution is 2.40. The van der Waals surface area contributed by atoms with Gasteiger partial charge in [-0.25, -0.2) is 4.98 Å². The summed E-state index contributed by atoms with van der Waals surface area (Å²) in [7, 11) is 0. The van der Waals surface area contributed by atoms with Gasteiger partial charge in [0.05, 0.1) is 0 Å². The van der Waals surface area contributed by atoms with E-state index in [1.54, 1.807) is 0 Å². The third-order valence-electron chi connectivity index (χ3n) is 5.27. The van der Waals surface area contributed by atoms with Crippen molar-refractivity contribution in [1.29, 1.82) is 5.26 Å². The Labute approximate surface area is 157 Å². The number of amides is 1. The molecule has 1 aromatic carbocycles. The van der Waals surface area contributed by atoms with Crippen molar-refractivity contribution in [2.24, 2.45) is 5.73 Å². The third kappa shape index (κ3) is 2.91.